The standard InChI is InChI=1S/C22H27N3O3S/c26-22(24-16-14-19(17-24)23-18-9-3-1-4-10-18)21-13-7-8-15-25(21)29(27,28)20-11-5-2-6-12-20/h1-6,9-12,19,21,23H,7-8,13-17H2. The van der Waals surface area contributed by atoms with Crippen molar-refractivity contribution in [2.75, 3.05) is 25.0 Å². The smallest absolute Gasteiger partial charge is 0.243 e. The van der Waals surface area contributed by atoms with Gasteiger partial charge in [0.1, 0.15) is 6.04 Å². The Balaban J connectivity index is 1.47. The van der Waals surface area contributed by atoms with E-state index in [1.54, 1.807) is 30.3 Å². The molecule has 2 fully saturated rings. The molecule has 2 aromatic rings. The van der Waals surface area contributed by atoms with E-state index in [0.29, 0.717) is 26.1 Å². The number of anilines is 1. The fourth-order valence-electron chi connectivity index (χ4n) is 4.23. The van der Waals surface area contributed by atoms with Crippen molar-refractivity contribution in [2.24, 2.45) is 0 Å². The quantitative estimate of drug-likeness (QED) is 0.818. The van der Waals surface area contributed by atoms with Crippen LogP contribution in [0.2, 0.25) is 0 Å². The zero-order chi connectivity index (χ0) is 20.3. The van der Waals surface area contributed by atoms with Gasteiger partial charge in [0.15, 0.2) is 0 Å². The Bertz CT molecular complexity index is 934. The van der Waals surface area contributed by atoms with Gasteiger partial charge in [-0.1, -0.05) is 42.8 Å². The predicted molar refractivity (Wildman–Crippen MR) is 113 cm³/mol. The van der Waals surface area contributed by atoms with Crippen LogP contribution in [0.1, 0.15) is 25.7 Å². The first-order chi connectivity index (χ1) is 14.1. The van der Waals surface area contributed by atoms with Gasteiger partial charge in [-0.2, -0.15) is 4.31 Å². The number of nitrogens with one attached hydrogen (secondary N) is 1. The van der Waals surface area contributed by atoms with Crippen molar-refractivity contribution in [3.8, 4) is 0 Å². The summed E-state index contributed by atoms with van der Waals surface area (Å²) in [5.41, 5.74) is 1.04. The number of rotatable bonds is 5. The van der Waals surface area contributed by atoms with E-state index in [0.717, 1.165) is 24.9 Å². The summed E-state index contributed by atoms with van der Waals surface area (Å²) >= 11 is 0. The van der Waals surface area contributed by atoms with Crippen LogP contribution in [-0.2, 0) is 14.8 Å². The zero-order valence-electron chi connectivity index (χ0n) is 16.4. The van der Waals surface area contributed by atoms with E-state index >= 15 is 0 Å². The second kappa shape index (κ2) is 8.55. The van der Waals surface area contributed by atoms with E-state index in [4.69, 9.17) is 0 Å². The van der Waals surface area contributed by atoms with Crippen LogP contribution in [0, 0.1) is 0 Å². The molecule has 2 aromatic carbocycles. The molecular weight excluding hydrogens is 386 g/mol. The third-order valence-corrected chi connectivity index (χ3v) is 7.66. The van der Waals surface area contributed by atoms with Gasteiger partial charge in [0.05, 0.1) is 4.90 Å². The van der Waals surface area contributed by atoms with Gasteiger partial charge in [0, 0.05) is 31.4 Å². The van der Waals surface area contributed by atoms with Gasteiger partial charge in [-0.15, -0.1) is 0 Å². The Hall–Kier alpha value is -2.38. The fourth-order valence-corrected chi connectivity index (χ4v) is 5.90. The molecule has 154 valence electrons. The molecule has 4 rings (SSSR count). The first kappa shape index (κ1) is 19.9. The van der Waals surface area contributed by atoms with Crippen molar-refractivity contribution in [3.63, 3.8) is 0 Å². The van der Waals surface area contributed by atoms with Crippen LogP contribution >= 0.6 is 0 Å². The summed E-state index contributed by atoms with van der Waals surface area (Å²) in [5.74, 6) is -0.0680. The minimum absolute atomic E-state index is 0.0680. The van der Waals surface area contributed by atoms with Crippen molar-refractivity contribution in [2.45, 2.75) is 42.7 Å². The number of sulfonamides is 1. The number of piperidine rings is 1. The van der Waals surface area contributed by atoms with Crippen molar-refractivity contribution < 1.29 is 13.2 Å². The van der Waals surface area contributed by atoms with Crippen molar-refractivity contribution in [3.05, 3.63) is 60.7 Å². The minimum atomic E-state index is -3.68. The lowest BCUT2D eigenvalue weighted by Gasteiger charge is -2.35. The van der Waals surface area contributed by atoms with Gasteiger partial charge >= 0.3 is 0 Å². The Morgan fingerprint density at radius 3 is 2.31 bits per heavy atom. The number of carbonyl (C=O) groups is 1. The molecule has 0 radical (unpaired) electrons. The number of carbonyl (C=O) groups excluding carboxylic acids is 1. The first-order valence-electron chi connectivity index (χ1n) is 10.2. The van der Waals surface area contributed by atoms with Gasteiger partial charge in [0.25, 0.3) is 0 Å². The molecule has 2 saturated heterocycles. The number of likely N-dealkylation sites (tertiary alicyclic amines) is 1. The summed E-state index contributed by atoms with van der Waals surface area (Å²) in [6.45, 7) is 1.65. The topological polar surface area (TPSA) is 69.7 Å². The fraction of sp³-hybridized carbons (Fsp3) is 0.409. The number of para-hydroxylation sites is 1. The average molecular weight is 414 g/mol. The number of hydrogen-bond donors (Lipinski definition) is 1. The van der Waals surface area contributed by atoms with E-state index in [1.165, 1.54) is 4.31 Å². The monoisotopic (exact) mass is 413 g/mol. The second-order valence-corrected chi connectivity index (χ2v) is 9.61. The highest BCUT2D eigenvalue weighted by atomic mass is 32.2. The maximum atomic E-state index is 13.3. The molecule has 2 atom stereocenters. The number of nitrogens with zero attached hydrogens (tertiary/aromatic N) is 2. The highest BCUT2D eigenvalue weighted by molar-refractivity contribution is 7.89. The summed E-state index contributed by atoms with van der Waals surface area (Å²) in [6.07, 6.45) is 3.10. The van der Waals surface area contributed by atoms with E-state index in [9.17, 15) is 13.2 Å². The summed E-state index contributed by atoms with van der Waals surface area (Å²) < 4.78 is 27.8. The largest absolute Gasteiger partial charge is 0.380 e. The summed E-state index contributed by atoms with van der Waals surface area (Å²) in [6, 6.07) is 18.0. The van der Waals surface area contributed by atoms with Gasteiger partial charge < -0.3 is 10.2 Å². The third-order valence-electron chi connectivity index (χ3n) is 5.73. The minimum Gasteiger partial charge on any atom is -0.380 e. The molecule has 2 aliphatic rings. The lowest BCUT2D eigenvalue weighted by atomic mass is 10.0. The lowest BCUT2D eigenvalue weighted by Crippen LogP contribution is -2.52. The molecule has 0 aliphatic carbocycles. The molecule has 6 nitrogen and oxygen atoms in total. The Morgan fingerprint density at radius 2 is 1.59 bits per heavy atom. The maximum Gasteiger partial charge on any atom is 0.243 e. The molecule has 0 aromatic heterocycles. The summed E-state index contributed by atoms with van der Waals surface area (Å²) in [4.78, 5) is 15.4. The van der Waals surface area contributed by atoms with Crippen molar-refractivity contribution in [1.82, 2.24) is 9.21 Å². The molecule has 2 unspecified atom stereocenters. The predicted octanol–water partition coefficient (Wildman–Crippen LogP) is 2.94. The number of benzene rings is 2. The molecule has 2 heterocycles. The molecule has 1 N–H and O–H groups in total. The molecule has 2 aliphatic heterocycles. The van der Waals surface area contributed by atoms with Gasteiger partial charge in [-0.05, 0) is 43.5 Å². The van der Waals surface area contributed by atoms with Crippen LogP contribution < -0.4 is 5.32 Å². The Kier molecular flexibility index (Phi) is 5.87. The molecule has 7 heteroatoms. The molecule has 1 amide bonds. The molecule has 0 bridgehead atoms. The summed E-state index contributed by atoms with van der Waals surface area (Å²) in [7, 11) is -3.68. The van der Waals surface area contributed by atoms with Crippen LogP contribution in [0.3, 0.4) is 0 Å². The molecule has 0 spiro atoms. The molecule has 29 heavy (non-hydrogen) atoms. The van der Waals surface area contributed by atoms with E-state index in [2.05, 4.69) is 5.32 Å². The van der Waals surface area contributed by atoms with Crippen LogP contribution in [0.5, 0.6) is 0 Å². The SMILES string of the molecule is O=C(C1CCCCN1S(=O)(=O)c1ccccc1)N1CCC(Nc2ccccc2)C1. The van der Waals surface area contributed by atoms with E-state index in [-0.39, 0.29) is 16.8 Å². The van der Waals surface area contributed by atoms with E-state index in [1.807, 2.05) is 35.2 Å². The average Bonchev–Trinajstić information content (AvgIpc) is 3.23. The van der Waals surface area contributed by atoms with Crippen molar-refractivity contribution >= 4 is 21.6 Å². The van der Waals surface area contributed by atoms with Crippen molar-refractivity contribution in [1.29, 1.82) is 0 Å². The van der Waals surface area contributed by atoms with Crippen LogP contribution in [0.15, 0.2) is 65.6 Å². The van der Waals surface area contributed by atoms with Gasteiger partial charge in [-0.25, -0.2) is 8.42 Å². The van der Waals surface area contributed by atoms with Crippen LogP contribution in [0.25, 0.3) is 0 Å². The summed E-state index contributed by atoms with van der Waals surface area (Å²) in [5, 5.41) is 3.47. The third kappa shape index (κ3) is 4.31. The van der Waals surface area contributed by atoms with Crippen LogP contribution in [0.4, 0.5) is 5.69 Å². The van der Waals surface area contributed by atoms with Gasteiger partial charge in [0.2, 0.25) is 15.9 Å². The van der Waals surface area contributed by atoms with Crippen LogP contribution in [-0.4, -0.2) is 55.2 Å². The Morgan fingerprint density at radius 1 is 0.897 bits per heavy atom. The Labute approximate surface area is 172 Å². The molecular formula is C22H27N3O3S. The highest BCUT2D eigenvalue weighted by Gasteiger charge is 2.40. The second-order valence-electron chi connectivity index (χ2n) is 7.72. The zero-order valence-corrected chi connectivity index (χ0v) is 17.2. The van der Waals surface area contributed by atoms with Gasteiger partial charge in [-0.3, -0.25) is 4.79 Å². The highest BCUT2D eigenvalue weighted by Crippen LogP contribution is 2.28. The lowest BCUT2D eigenvalue weighted by molar-refractivity contribution is -0.135. The van der Waals surface area contributed by atoms with E-state index < -0.39 is 16.1 Å². The normalized spacial score (nSPS) is 23.1. The number of hydrogen-bond acceptors (Lipinski definition) is 4. The maximum absolute atomic E-state index is 13.3. The number of amides is 1. The first-order valence-corrected chi connectivity index (χ1v) is 11.7. The molecule has 0 saturated carbocycles.